The molecule has 2 aromatic heterocycles. The number of pyridine rings is 2. The van der Waals surface area contributed by atoms with E-state index in [1.165, 1.54) is 0 Å². The van der Waals surface area contributed by atoms with E-state index in [0.717, 1.165) is 11.1 Å². The molecule has 3 rings (SSSR count). The number of aryl methyl sites for hydroxylation is 1. The molecule has 0 amide bonds. The van der Waals surface area contributed by atoms with Crippen molar-refractivity contribution >= 4 is 22.4 Å². The molecule has 0 atom stereocenters. The van der Waals surface area contributed by atoms with E-state index in [1.807, 2.05) is 31.2 Å². The predicted molar refractivity (Wildman–Crippen MR) is 76.4 cm³/mol. The molecule has 1 N–H and O–H groups in total. The number of aromatic nitrogens is 2. The van der Waals surface area contributed by atoms with Crippen LogP contribution in [-0.2, 0) is 0 Å². The molecule has 0 aliphatic rings. The Hall–Kier alpha value is -2.13. The zero-order valence-electron chi connectivity index (χ0n) is 10.3. The maximum absolute atomic E-state index is 10.4. The minimum Gasteiger partial charge on any atom is -0.505 e. The van der Waals surface area contributed by atoms with Gasteiger partial charge in [-0.25, -0.2) is 0 Å². The Bertz CT molecular complexity index is 771. The van der Waals surface area contributed by atoms with Crippen molar-refractivity contribution in [2.75, 3.05) is 0 Å². The van der Waals surface area contributed by atoms with Crippen LogP contribution in [0, 0.1) is 6.92 Å². The standard InChI is InChI=1S/C15H11ClN2O/c1-9-6-10-7-18-14(15(19)12(10)8-17-9)11-4-2-3-5-13(11)16/h2-8,19H,1H3. The van der Waals surface area contributed by atoms with Gasteiger partial charge in [0.1, 0.15) is 5.69 Å². The van der Waals surface area contributed by atoms with Gasteiger partial charge in [-0.15, -0.1) is 0 Å². The summed E-state index contributed by atoms with van der Waals surface area (Å²) in [4.78, 5) is 8.52. The van der Waals surface area contributed by atoms with Crippen molar-refractivity contribution in [3.05, 3.63) is 53.4 Å². The molecule has 0 spiro atoms. The van der Waals surface area contributed by atoms with Crippen molar-refractivity contribution < 1.29 is 5.11 Å². The lowest BCUT2D eigenvalue weighted by atomic mass is 10.1. The van der Waals surface area contributed by atoms with Gasteiger partial charge >= 0.3 is 0 Å². The molecule has 0 bridgehead atoms. The highest BCUT2D eigenvalue weighted by Crippen LogP contribution is 2.36. The molecule has 1 aromatic carbocycles. The number of aromatic hydroxyl groups is 1. The SMILES string of the molecule is Cc1cc2cnc(-c3ccccc3Cl)c(O)c2cn1. The van der Waals surface area contributed by atoms with Crippen molar-refractivity contribution in [1.29, 1.82) is 0 Å². The van der Waals surface area contributed by atoms with E-state index in [4.69, 9.17) is 11.6 Å². The molecule has 19 heavy (non-hydrogen) atoms. The first kappa shape index (κ1) is 11.9. The summed E-state index contributed by atoms with van der Waals surface area (Å²) in [6.07, 6.45) is 3.38. The fourth-order valence-electron chi connectivity index (χ4n) is 2.06. The Labute approximate surface area is 115 Å². The Balaban J connectivity index is 2.29. The van der Waals surface area contributed by atoms with Crippen LogP contribution >= 0.6 is 11.6 Å². The zero-order chi connectivity index (χ0) is 13.4. The van der Waals surface area contributed by atoms with E-state index < -0.39 is 0 Å². The molecule has 3 aromatic rings. The quantitative estimate of drug-likeness (QED) is 0.728. The number of nitrogens with zero attached hydrogens (tertiary/aromatic N) is 2. The second kappa shape index (κ2) is 4.52. The Kier molecular flexibility index (Phi) is 2.84. The first-order chi connectivity index (χ1) is 9.16. The van der Waals surface area contributed by atoms with Gasteiger partial charge in [0.25, 0.3) is 0 Å². The smallest absolute Gasteiger partial charge is 0.151 e. The Morgan fingerprint density at radius 2 is 1.89 bits per heavy atom. The van der Waals surface area contributed by atoms with Crippen molar-refractivity contribution in [3.63, 3.8) is 0 Å². The second-order valence-corrected chi connectivity index (χ2v) is 4.76. The van der Waals surface area contributed by atoms with Gasteiger partial charge < -0.3 is 5.11 Å². The largest absolute Gasteiger partial charge is 0.505 e. The topological polar surface area (TPSA) is 46.0 Å². The first-order valence-electron chi connectivity index (χ1n) is 5.86. The summed E-state index contributed by atoms with van der Waals surface area (Å²) < 4.78 is 0. The van der Waals surface area contributed by atoms with Crippen LogP contribution in [0.1, 0.15) is 5.69 Å². The third-order valence-electron chi connectivity index (χ3n) is 3.01. The minimum atomic E-state index is 0.109. The normalized spacial score (nSPS) is 10.8. The van der Waals surface area contributed by atoms with E-state index in [0.29, 0.717) is 21.7 Å². The number of halogens is 1. The number of rotatable bonds is 1. The molecular formula is C15H11ClN2O. The average Bonchev–Trinajstić information content (AvgIpc) is 2.40. The van der Waals surface area contributed by atoms with Crippen molar-refractivity contribution in [2.45, 2.75) is 6.92 Å². The van der Waals surface area contributed by atoms with Gasteiger partial charge in [-0.1, -0.05) is 29.8 Å². The van der Waals surface area contributed by atoms with Gasteiger partial charge in [0.05, 0.1) is 5.02 Å². The van der Waals surface area contributed by atoms with Crippen molar-refractivity contribution in [1.82, 2.24) is 9.97 Å². The highest BCUT2D eigenvalue weighted by Gasteiger charge is 2.12. The molecule has 94 valence electrons. The van der Waals surface area contributed by atoms with Crippen LogP contribution in [0.15, 0.2) is 42.7 Å². The lowest BCUT2D eigenvalue weighted by Crippen LogP contribution is -1.89. The summed E-state index contributed by atoms with van der Waals surface area (Å²) in [6.45, 7) is 1.90. The molecule has 0 radical (unpaired) electrons. The summed E-state index contributed by atoms with van der Waals surface area (Å²) in [5, 5.41) is 12.5. The van der Waals surface area contributed by atoms with Crippen LogP contribution in [0.5, 0.6) is 5.75 Å². The van der Waals surface area contributed by atoms with Gasteiger partial charge in [-0.05, 0) is 19.1 Å². The molecule has 0 unspecified atom stereocenters. The highest BCUT2D eigenvalue weighted by atomic mass is 35.5. The summed E-state index contributed by atoms with van der Waals surface area (Å²) in [6, 6.07) is 9.20. The van der Waals surface area contributed by atoms with Crippen molar-refractivity contribution in [2.24, 2.45) is 0 Å². The van der Waals surface area contributed by atoms with E-state index in [2.05, 4.69) is 9.97 Å². The third-order valence-corrected chi connectivity index (χ3v) is 3.34. The monoisotopic (exact) mass is 270 g/mol. The fourth-order valence-corrected chi connectivity index (χ4v) is 2.28. The summed E-state index contributed by atoms with van der Waals surface area (Å²) in [5.41, 5.74) is 2.08. The van der Waals surface area contributed by atoms with Crippen LogP contribution in [0.25, 0.3) is 22.0 Å². The van der Waals surface area contributed by atoms with E-state index >= 15 is 0 Å². The molecular weight excluding hydrogens is 260 g/mol. The van der Waals surface area contributed by atoms with Crippen molar-refractivity contribution in [3.8, 4) is 17.0 Å². The van der Waals surface area contributed by atoms with Crippen LogP contribution in [0.4, 0.5) is 0 Å². The van der Waals surface area contributed by atoms with Gasteiger partial charge in [0.2, 0.25) is 0 Å². The van der Waals surface area contributed by atoms with Crippen LogP contribution in [0.3, 0.4) is 0 Å². The molecule has 2 heterocycles. The molecule has 0 aliphatic carbocycles. The van der Waals surface area contributed by atoms with Crippen LogP contribution in [0.2, 0.25) is 5.02 Å². The van der Waals surface area contributed by atoms with Gasteiger partial charge in [-0.3, -0.25) is 9.97 Å². The van der Waals surface area contributed by atoms with Crippen LogP contribution in [-0.4, -0.2) is 15.1 Å². The predicted octanol–water partition coefficient (Wildman–Crippen LogP) is 3.96. The Morgan fingerprint density at radius 1 is 1.11 bits per heavy atom. The minimum absolute atomic E-state index is 0.109. The van der Waals surface area contributed by atoms with Gasteiger partial charge in [0, 0.05) is 34.4 Å². The molecule has 4 heteroatoms. The lowest BCUT2D eigenvalue weighted by Gasteiger charge is -2.08. The van der Waals surface area contributed by atoms with Gasteiger partial charge in [0.15, 0.2) is 5.75 Å². The number of benzene rings is 1. The van der Waals surface area contributed by atoms with Gasteiger partial charge in [-0.2, -0.15) is 0 Å². The van der Waals surface area contributed by atoms with E-state index in [1.54, 1.807) is 18.5 Å². The highest BCUT2D eigenvalue weighted by molar-refractivity contribution is 6.33. The third kappa shape index (κ3) is 2.02. The maximum atomic E-state index is 10.4. The molecule has 3 nitrogen and oxygen atoms in total. The van der Waals surface area contributed by atoms with Crippen LogP contribution < -0.4 is 0 Å². The number of hydrogen-bond acceptors (Lipinski definition) is 3. The Morgan fingerprint density at radius 3 is 2.68 bits per heavy atom. The second-order valence-electron chi connectivity index (χ2n) is 4.35. The number of hydrogen-bond donors (Lipinski definition) is 1. The molecule has 0 aliphatic heterocycles. The van der Waals surface area contributed by atoms with E-state index in [9.17, 15) is 5.11 Å². The summed E-state index contributed by atoms with van der Waals surface area (Å²) in [5.74, 6) is 0.109. The molecule has 0 saturated heterocycles. The average molecular weight is 271 g/mol. The summed E-state index contributed by atoms with van der Waals surface area (Å²) in [7, 11) is 0. The fraction of sp³-hybridized carbons (Fsp3) is 0.0667. The first-order valence-corrected chi connectivity index (χ1v) is 6.24. The summed E-state index contributed by atoms with van der Waals surface area (Å²) >= 11 is 6.14. The molecule has 0 saturated carbocycles. The zero-order valence-corrected chi connectivity index (χ0v) is 11.0. The maximum Gasteiger partial charge on any atom is 0.151 e. The molecule has 0 fully saturated rings. The lowest BCUT2D eigenvalue weighted by molar-refractivity contribution is 0.481. The van der Waals surface area contributed by atoms with E-state index in [-0.39, 0.29) is 5.75 Å². The number of fused-ring (bicyclic) bond motifs is 1.